The Morgan fingerprint density at radius 3 is 3.00 bits per heavy atom. The molecule has 0 saturated heterocycles. The highest BCUT2D eigenvalue weighted by molar-refractivity contribution is 7.71. The van der Waals surface area contributed by atoms with Gasteiger partial charge in [-0.3, -0.25) is 4.98 Å². The van der Waals surface area contributed by atoms with Crippen LogP contribution in [0.15, 0.2) is 11.1 Å². The van der Waals surface area contributed by atoms with Gasteiger partial charge < -0.3 is 9.55 Å². The van der Waals surface area contributed by atoms with E-state index in [1.165, 1.54) is 0 Å². The van der Waals surface area contributed by atoms with Gasteiger partial charge in [0.2, 0.25) is 0 Å². The number of aryl methyl sites for hydroxylation is 1. The fourth-order valence-electron chi connectivity index (χ4n) is 1.05. The Labute approximate surface area is 72.1 Å². The number of rotatable bonds is 0. The van der Waals surface area contributed by atoms with Crippen molar-refractivity contribution in [1.29, 1.82) is 0 Å². The van der Waals surface area contributed by atoms with Crippen LogP contribution in [0, 0.1) is 4.64 Å². The molecule has 0 radical (unpaired) electrons. The highest BCUT2D eigenvalue weighted by Crippen LogP contribution is 2.03. The lowest BCUT2D eigenvalue weighted by Crippen LogP contribution is -2.00. The number of hydrogen-bond acceptors (Lipinski definition) is 3. The van der Waals surface area contributed by atoms with Crippen LogP contribution in [0.25, 0.3) is 11.2 Å². The minimum absolute atomic E-state index is 0.264. The smallest absolute Gasteiger partial charge is 0.320 e. The van der Waals surface area contributed by atoms with Gasteiger partial charge in [-0.2, -0.15) is 0 Å². The lowest BCUT2D eigenvalue weighted by atomic mass is 10.5. The second-order valence-corrected chi connectivity index (χ2v) is 2.85. The average molecular weight is 182 g/mol. The monoisotopic (exact) mass is 182 g/mol. The molecule has 0 spiro atoms. The molecule has 0 unspecified atom stereocenters. The van der Waals surface area contributed by atoms with Gasteiger partial charge in [-0.25, -0.2) is 9.78 Å². The minimum atomic E-state index is -0.264. The van der Waals surface area contributed by atoms with E-state index < -0.39 is 0 Å². The van der Waals surface area contributed by atoms with Gasteiger partial charge in [-0.15, -0.1) is 0 Å². The van der Waals surface area contributed by atoms with Gasteiger partial charge in [-0.1, -0.05) is 12.2 Å². The molecule has 2 aromatic heterocycles. The van der Waals surface area contributed by atoms with Crippen LogP contribution in [0.4, 0.5) is 0 Å². The van der Waals surface area contributed by atoms with Gasteiger partial charge in [0, 0.05) is 7.05 Å². The molecule has 62 valence electrons. The molecule has 2 aromatic rings. The molecule has 6 heteroatoms. The molecule has 2 rings (SSSR count). The maximum atomic E-state index is 10.9. The predicted molar refractivity (Wildman–Crippen MR) is 46.5 cm³/mol. The van der Waals surface area contributed by atoms with Crippen molar-refractivity contribution >= 4 is 23.4 Å². The molecule has 0 aromatic carbocycles. The first-order chi connectivity index (χ1) is 5.68. The maximum Gasteiger partial charge on any atom is 0.325 e. The summed E-state index contributed by atoms with van der Waals surface area (Å²) in [7, 11) is 1.79. The molecule has 0 fully saturated rings. The number of nitrogens with zero attached hydrogens (tertiary/aromatic N) is 2. The normalized spacial score (nSPS) is 10.8. The third kappa shape index (κ3) is 0.884. The second kappa shape index (κ2) is 2.28. The van der Waals surface area contributed by atoms with E-state index >= 15 is 0 Å². The van der Waals surface area contributed by atoms with Crippen LogP contribution in [0.2, 0.25) is 0 Å². The molecule has 2 N–H and O–H groups in total. The van der Waals surface area contributed by atoms with Crippen LogP contribution < -0.4 is 5.69 Å². The number of hydrogen-bond donors (Lipinski definition) is 2. The van der Waals surface area contributed by atoms with Crippen molar-refractivity contribution in [1.82, 2.24) is 19.5 Å². The summed E-state index contributed by atoms with van der Waals surface area (Å²) in [4.78, 5) is 20.0. The van der Waals surface area contributed by atoms with Crippen LogP contribution in [0.5, 0.6) is 0 Å². The van der Waals surface area contributed by atoms with Crippen molar-refractivity contribution in [2.75, 3.05) is 0 Å². The minimum Gasteiger partial charge on any atom is -0.320 e. The Bertz CT molecular complexity index is 534. The summed E-state index contributed by atoms with van der Waals surface area (Å²) in [6.07, 6.45) is 1.56. The molecule has 0 amide bonds. The zero-order valence-electron chi connectivity index (χ0n) is 6.29. The fraction of sp³-hybridized carbons (Fsp3) is 0.167. The van der Waals surface area contributed by atoms with Gasteiger partial charge in [0.05, 0.1) is 6.33 Å². The van der Waals surface area contributed by atoms with E-state index in [1.807, 2.05) is 0 Å². The van der Waals surface area contributed by atoms with Crippen molar-refractivity contribution in [3.8, 4) is 0 Å². The first kappa shape index (κ1) is 7.23. The van der Waals surface area contributed by atoms with Crippen molar-refractivity contribution in [3.05, 3.63) is 21.5 Å². The van der Waals surface area contributed by atoms with Crippen LogP contribution in [0.3, 0.4) is 0 Å². The van der Waals surface area contributed by atoms with Crippen LogP contribution in [0.1, 0.15) is 0 Å². The Morgan fingerprint density at radius 2 is 2.33 bits per heavy atom. The van der Waals surface area contributed by atoms with Gasteiger partial charge in [-0.05, 0) is 0 Å². The van der Waals surface area contributed by atoms with E-state index in [9.17, 15) is 4.79 Å². The first-order valence-electron chi connectivity index (χ1n) is 3.32. The molecular weight excluding hydrogens is 176 g/mol. The fourth-order valence-corrected chi connectivity index (χ4v) is 1.25. The standard InChI is InChI=1S/C6H6N4OS/c1-10-2-7-5(12)3-4(10)9-6(11)8-3/h2H,1H3,(H2,8,9,11). The van der Waals surface area contributed by atoms with E-state index in [0.717, 1.165) is 0 Å². The summed E-state index contributed by atoms with van der Waals surface area (Å²) < 4.78 is 2.10. The summed E-state index contributed by atoms with van der Waals surface area (Å²) in [5, 5.41) is 0. The van der Waals surface area contributed by atoms with Gasteiger partial charge in [0.1, 0.15) is 11.2 Å². The highest BCUT2D eigenvalue weighted by Gasteiger charge is 2.01. The van der Waals surface area contributed by atoms with Crippen molar-refractivity contribution in [2.24, 2.45) is 7.05 Å². The Balaban J connectivity index is 3.14. The quantitative estimate of drug-likeness (QED) is 0.576. The number of aromatic amines is 2. The molecule has 12 heavy (non-hydrogen) atoms. The third-order valence-corrected chi connectivity index (χ3v) is 1.93. The van der Waals surface area contributed by atoms with E-state index in [-0.39, 0.29) is 5.69 Å². The summed E-state index contributed by atoms with van der Waals surface area (Å²) >= 11 is 4.91. The second-order valence-electron chi connectivity index (χ2n) is 2.46. The lowest BCUT2D eigenvalue weighted by molar-refractivity contribution is 0.892. The van der Waals surface area contributed by atoms with Gasteiger partial charge in [0.15, 0.2) is 4.64 Å². The molecule has 0 aliphatic rings. The zero-order chi connectivity index (χ0) is 8.72. The molecule has 0 aliphatic heterocycles. The van der Waals surface area contributed by atoms with Crippen molar-refractivity contribution < 1.29 is 0 Å². The molecule has 0 aliphatic carbocycles. The van der Waals surface area contributed by atoms with Gasteiger partial charge in [0.25, 0.3) is 0 Å². The SMILES string of the molecule is Cn1cnc(=S)c2[nH]c(=O)[nH]c21. The van der Waals surface area contributed by atoms with E-state index in [2.05, 4.69) is 15.0 Å². The predicted octanol–water partition coefficient (Wildman–Crippen LogP) is 0.319. The highest BCUT2D eigenvalue weighted by atomic mass is 32.1. The number of H-pyrrole nitrogens is 2. The molecule has 0 saturated carbocycles. The van der Waals surface area contributed by atoms with Crippen LogP contribution >= 0.6 is 12.2 Å². The Hall–Kier alpha value is -1.43. The van der Waals surface area contributed by atoms with Gasteiger partial charge >= 0.3 is 5.69 Å². The third-order valence-electron chi connectivity index (χ3n) is 1.62. The Morgan fingerprint density at radius 1 is 1.58 bits per heavy atom. The molecule has 0 bridgehead atoms. The first-order valence-corrected chi connectivity index (χ1v) is 3.73. The summed E-state index contributed by atoms with van der Waals surface area (Å²) in [5.41, 5.74) is 0.986. The zero-order valence-corrected chi connectivity index (χ0v) is 7.10. The summed E-state index contributed by atoms with van der Waals surface area (Å²) in [5.74, 6) is 0. The lowest BCUT2D eigenvalue weighted by Gasteiger charge is -1.96. The molecule has 0 atom stereocenters. The number of nitrogens with one attached hydrogen (secondary N) is 2. The molecule has 2 heterocycles. The Kier molecular flexibility index (Phi) is 1.37. The van der Waals surface area contributed by atoms with Crippen molar-refractivity contribution in [2.45, 2.75) is 0 Å². The molecule has 5 nitrogen and oxygen atoms in total. The van der Waals surface area contributed by atoms with Crippen molar-refractivity contribution in [3.63, 3.8) is 0 Å². The van der Waals surface area contributed by atoms with E-state index in [4.69, 9.17) is 12.2 Å². The van der Waals surface area contributed by atoms with E-state index in [1.54, 1.807) is 17.9 Å². The van der Waals surface area contributed by atoms with E-state index in [0.29, 0.717) is 15.8 Å². The topological polar surface area (TPSA) is 66.5 Å². The number of aromatic nitrogens is 4. The average Bonchev–Trinajstić information content (AvgIpc) is 2.41. The number of fused-ring (bicyclic) bond motifs is 1. The summed E-state index contributed by atoms with van der Waals surface area (Å²) in [6.45, 7) is 0. The largest absolute Gasteiger partial charge is 0.325 e. The number of imidazole rings is 1. The molecular formula is C6H6N4OS. The maximum absolute atomic E-state index is 10.9. The summed E-state index contributed by atoms with van der Waals surface area (Å²) in [6, 6.07) is 0. The van der Waals surface area contributed by atoms with Crippen LogP contribution in [-0.2, 0) is 7.05 Å². The van der Waals surface area contributed by atoms with Crippen LogP contribution in [-0.4, -0.2) is 19.5 Å².